The number of nitrogens with zero attached hydrogens (tertiary/aromatic N) is 2. The average Bonchev–Trinajstić information content (AvgIpc) is 3.18. The van der Waals surface area contributed by atoms with Gasteiger partial charge in [0.1, 0.15) is 5.37 Å². The molecule has 0 amide bonds. The highest BCUT2D eigenvalue weighted by Crippen LogP contribution is 2.45. The predicted molar refractivity (Wildman–Crippen MR) is 111 cm³/mol. The molecule has 2 atom stereocenters. The second-order valence-corrected chi connectivity index (χ2v) is 7.59. The lowest BCUT2D eigenvalue weighted by Crippen LogP contribution is -2.39. The van der Waals surface area contributed by atoms with Crippen LogP contribution in [0, 0.1) is 0 Å². The summed E-state index contributed by atoms with van der Waals surface area (Å²) < 4.78 is 0. The number of nitrogens with two attached hydrogens (primary N) is 1. The third kappa shape index (κ3) is 3.48. The number of aromatic nitrogens is 1. The molecule has 0 spiro atoms. The van der Waals surface area contributed by atoms with E-state index < -0.39 is 0 Å². The Bertz CT molecular complexity index is 917. The van der Waals surface area contributed by atoms with Crippen molar-refractivity contribution in [3.8, 4) is 0 Å². The van der Waals surface area contributed by atoms with Gasteiger partial charge in [0, 0.05) is 47.1 Å². The van der Waals surface area contributed by atoms with Crippen molar-refractivity contribution in [2.45, 2.75) is 11.4 Å². The lowest BCUT2D eigenvalue weighted by Gasteiger charge is -2.32. The summed E-state index contributed by atoms with van der Waals surface area (Å²) >= 11 is 1.84. The van der Waals surface area contributed by atoms with Crippen molar-refractivity contribution >= 4 is 23.2 Å². The number of carbonyl (C=O) groups is 1. The normalized spacial score (nSPS) is 19.2. The van der Waals surface area contributed by atoms with Crippen LogP contribution in [0.1, 0.15) is 26.9 Å². The molecule has 1 fully saturated rings. The van der Waals surface area contributed by atoms with Crippen LogP contribution in [-0.4, -0.2) is 29.1 Å². The number of para-hydroxylation sites is 1. The molecule has 1 saturated heterocycles. The van der Waals surface area contributed by atoms with E-state index >= 15 is 0 Å². The zero-order valence-corrected chi connectivity index (χ0v) is 15.7. The molecule has 0 bridgehead atoms. The molecule has 2 N–H and O–H groups in total. The molecule has 1 aliphatic rings. The van der Waals surface area contributed by atoms with Gasteiger partial charge in [0.25, 0.3) is 0 Å². The van der Waals surface area contributed by atoms with Gasteiger partial charge in [-0.3, -0.25) is 9.78 Å². The molecule has 2 heterocycles. The van der Waals surface area contributed by atoms with E-state index in [2.05, 4.69) is 16.0 Å². The van der Waals surface area contributed by atoms with Crippen molar-refractivity contribution in [2.75, 3.05) is 17.2 Å². The number of hydrogen-bond donors (Lipinski definition) is 1. The fourth-order valence-electron chi connectivity index (χ4n) is 3.47. The molecule has 4 nitrogen and oxygen atoms in total. The maximum Gasteiger partial charge on any atom is 0.195 e. The smallest absolute Gasteiger partial charge is 0.195 e. The van der Waals surface area contributed by atoms with Crippen LogP contribution in [0.2, 0.25) is 0 Å². The van der Waals surface area contributed by atoms with E-state index in [0.717, 1.165) is 17.0 Å². The van der Waals surface area contributed by atoms with Crippen LogP contribution >= 0.6 is 11.8 Å². The van der Waals surface area contributed by atoms with E-state index in [0.29, 0.717) is 17.7 Å². The van der Waals surface area contributed by atoms with Gasteiger partial charge in [-0.05, 0) is 18.2 Å². The number of pyridine rings is 1. The third-order valence-electron chi connectivity index (χ3n) is 4.80. The first-order valence-corrected chi connectivity index (χ1v) is 10.0. The maximum absolute atomic E-state index is 13.2. The molecule has 136 valence electrons. The van der Waals surface area contributed by atoms with Crippen molar-refractivity contribution < 1.29 is 4.79 Å². The van der Waals surface area contributed by atoms with Gasteiger partial charge in [0.15, 0.2) is 5.78 Å². The summed E-state index contributed by atoms with van der Waals surface area (Å²) in [5.41, 5.74) is 9.54. The third-order valence-corrected chi connectivity index (χ3v) is 6.19. The summed E-state index contributed by atoms with van der Waals surface area (Å²) in [4.78, 5) is 19.7. The lowest BCUT2D eigenvalue weighted by atomic mass is 10.00. The van der Waals surface area contributed by atoms with Crippen molar-refractivity contribution in [2.24, 2.45) is 5.73 Å². The fourth-order valence-corrected chi connectivity index (χ4v) is 4.95. The molecule has 5 heteroatoms. The Labute approximate surface area is 163 Å². The van der Waals surface area contributed by atoms with E-state index in [-0.39, 0.29) is 17.2 Å². The van der Waals surface area contributed by atoms with Crippen LogP contribution in [-0.2, 0) is 0 Å². The molecule has 0 aliphatic carbocycles. The average molecular weight is 375 g/mol. The van der Waals surface area contributed by atoms with Gasteiger partial charge in [-0.25, -0.2) is 0 Å². The molecule has 4 rings (SSSR count). The quantitative estimate of drug-likeness (QED) is 0.686. The van der Waals surface area contributed by atoms with Gasteiger partial charge in [-0.1, -0.05) is 48.5 Å². The summed E-state index contributed by atoms with van der Waals surface area (Å²) in [7, 11) is 0. The predicted octanol–water partition coefficient (Wildman–Crippen LogP) is 3.89. The van der Waals surface area contributed by atoms with E-state index in [1.165, 1.54) is 0 Å². The van der Waals surface area contributed by atoms with Gasteiger partial charge in [0.05, 0.1) is 6.04 Å². The number of benzene rings is 2. The van der Waals surface area contributed by atoms with Crippen LogP contribution in [0.3, 0.4) is 0 Å². The van der Waals surface area contributed by atoms with Gasteiger partial charge >= 0.3 is 0 Å². The highest BCUT2D eigenvalue weighted by atomic mass is 32.2. The molecule has 0 radical (unpaired) electrons. The fraction of sp³-hybridized carbons (Fsp3) is 0.182. The minimum atomic E-state index is 0.0313. The minimum Gasteiger partial charge on any atom is -0.350 e. The van der Waals surface area contributed by atoms with Crippen molar-refractivity contribution in [1.82, 2.24) is 4.98 Å². The number of ketones is 1. The van der Waals surface area contributed by atoms with E-state index in [1.807, 2.05) is 78.6 Å². The first-order chi connectivity index (χ1) is 13.3. The molecule has 2 unspecified atom stereocenters. The Morgan fingerprint density at radius 2 is 1.85 bits per heavy atom. The van der Waals surface area contributed by atoms with Gasteiger partial charge in [0.2, 0.25) is 0 Å². The van der Waals surface area contributed by atoms with Crippen LogP contribution in [0.25, 0.3) is 0 Å². The molecule has 2 aromatic carbocycles. The Hall–Kier alpha value is -2.63. The van der Waals surface area contributed by atoms with Crippen molar-refractivity contribution in [3.05, 3.63) is 95.8 Å². The zero-order valence-electron chi connectivity index (χ0n) is 14.9. The van der Waals surface area contributed by atoms with E-state index in [9.17, 15) is 4.79 Å². The summed E-state index contributed by atoms with van der Waals surface area (Å²) in [6.45, 7) is 0.539. The van der Waals surface area contributed by atoms with Gasteiger partial charge in [-0.2, -0.15) is 0 Å². The molecular weight excluding hydrogens is 354 g/mol. The molecule has 3 aromatic rings. The second-order valence-electron chi connectivity index (χ2n) is 6.48. The van der Waals surface area contributed by atoms with Gasteiger partial charge < -0.3 is 10.6 Å². The Balaban J connectivity index is 1.78. The first kappa shape index (κ1) is 17.8. The van der Waals surface area contributed by atoms with E-state index in [4.69, 9.17) is 5.73 Å². The van der Waals surface area contributed by atoms with E-state index in [1.54, 1.807) is 6.20 Å². The summed E-state index contributed by atoms with van der Waals surface area (Å²) in [5.74, 6) is 0.952. The lowest BCUT2D eigenvalue weighted by molar-refractivity contribution is 0.103. The van der Waals surface area contributed by atoms with Crippen molar-refractivity contribution in [3.63, 3.8) is 0 Å². The Morgan fingerprint density at radius 1 is 1.07 bits per heavy atom. The van der Waals surface area contributed by atoms with Crippen LogP contribution in [0.5, 0.6) is 0 Å². The first-order valence-electron chi connectivity index (χ1n) is 8.98. The zero-order chi connectivity index (χ0) is 18.6. The molecule has 27 heavy (non-hydrogen) atoms. The van der Waals surface area contributed by atoms with Gasteiger partial charge in [-0.15, -0.1) is 11.8 Å². The topological polar surface area (TPSA) is 59.2 Å². The molecule has 1 aromatic heterocycles. The maximum atomic E-state index is 13.2. The summed E-state index contributed by atoms with van der Waals surface area (Å²) in [5, 5.41) is 0.0944. The monoisotopic (exact) mass is 375 g/mol. The SMILES string of the molecule is NCC1CSC(c2cccnc2)N1c1ccccc1C(=O)c1ccccc1. The summed E-state index contributed by atoms with van der Waals surface area (Å²) in [6.07, 6.45) is 3.67. The van der Waals surface area contributed by atoms with Crippen LogP contribution in [0.4, 0.5) is 5.69 Å². The van der Waals surface area contributed by atoms with Crippen LogP contribution < -0.4 is 10.6 Å². The second kappa shape index (κ2) is 7.94. The van der Waals surface area contributed by atoms with Crippen LogP contribution in [0.15, 0.2) is 79.1 Å². The number of hydrogen-bond acceptors (Lipinski definition) is 5. The largest absolute Gasteiger partial charge is 0.350 e. The molecular formula is C22H21N3OS. The highest BCUT2D eigenvalue weighted by molar-refractivity contribution is 8.00. The minimum absolute atomic E-state index is 0.0313. The Kier molecular flexibility index (Phi) is 5.23. The summed E-state index contributed by atoms with van der Waals surface area (Å²) in [6, 6.07) is 21.4. The molecule has 0 saturated carbocycles. The van der Waals surface area contributed by atoms with Crippen molar-refractivity contribution in [1.29, 1.82) is 0 Å². The highest BCUT2D eigenvalue weighted by Gasteiger charge is 2.36. The number of anilines is 1. The molecule has 1 aliphatic heterocycles. The number of carbonyl (C=O) groups excluding carboxylic acids is 1. The standard InChI is InChI=1S/C22H21N3OS/c23-13-18-15-27-22(17-9-6-12-24-14-17)25(18)20-11-5-4-10-19(20)21(26)16-7-2-1-3-8-16/h1-12,14,18,22H,13,15,23H2. The number of thioether (sulfide) groups is 1. The number of rotatable bonds is 5. The Morgan fingerprint density at radius 3 is 2.59 bits per heavy atom.